The van der Waals surface area contributed by atoms with Crippen LogP contribution in [0.15, 0.2) is 17.2 Å². The number of hydrogen-bond donors (Lipinski definition) is 1. The van der Waals surface area contributed by atoms with Crippen molar-refractivity contribution in [1.29, 1.82) is 0 Å². The number of nitrogens with zero attached hydrogens (tertiary/aromatic N) is 1. The standard InChI is InChI=1S/C15H19F3N2OS/c1-2-22-14-11(8-9-12(20-14)15(16,17)18)13(21)19-10-6-4-3-5-7-10/h8-10H,2-7H2,1H3,(H,19,21). The number of nitrogens with one attached hydrogen (secondary N) is 1. The van der Waals surface area contributed by atoms with Crippen LogP contribution in [-0.4, -0.2) is 22.7 Å². The number of pyridine rings is 1. The molecule has 3 nitrogen and oxygen atoms in total. The molecule has 1 aromatic rings. The van der Waals surface area contributed by atoms with Gasteiger partial charge in [0.25, 0.3) is 5.91 Å². The van der Waals surface area contributed by atoms with Gasteiger partial charge in [0.2, 0.25) is 0 Å². The van der Waals surface area contributed by atoms with Crippen molar-refractivity contribution in [2.24, 2.45) is 0 Å². The quantitative estimate of drug-likeness (QED) is 0.837. The highest BCUT2D eigenvalue weighted by Gasteiger charge is 2.33. The number of aromatic nitrogens is 1. The second-order valence-corrected chi connectivity index (χ2v) is 6.54. The monoisotopic (exact) mass is 332 g/mol. The Kier molecular flexibility index (Phi) is 5.72. The molecule has 22 heavy (non-hydrogen) atoms. The molecule has 1 saturated carbocycles. The first-order valence-corrected chi connectivity index (χ1v) is 8.42. The summed E-state index contributed by atoms with van der Waals surface area (Å²) < 4.78 is 38.2. The van der Waals surface area contributed by atoms with E-state index in [1.165, 1.54) is 12.5 Å². The van der Waals surface area contributed by atoms with Gasteiger partial charge in [-0.05, 0) is 30.7 Å². The Bertz CT molecular complexity index is 528. The van der Waals surface area contributed by atoms with E-state index in [0.717, 1.165) is 43.5 Å². The molecule has 1 aromatic heterocycles. The van der Waals surface area contributed by atoms with E-state index in [1.54, 1.807) is 0 Å². The maximum absolute atomic E-state index is 12.7. The van der Waals surface area contributed by atoms with Crippen molar-refractivity contribution in [3.8, 4) is 0 Å². The van der Waals surface area contributed by atoms with Crippen LogP contribution in [-0.2, 0) is 6.18 Å². The Balaban J connectivity index is 2.19. The SMILES string of the molecule is CCSc1nc(C(F)(F)F)ccc1C(=O)NC1CCCCC1. The summed E-state index contributed by atoms with van der Waals surface area (Å²) in [5.41, 5.74) is -0.733. The zero-order valence-corrected chi connectivity index (χ0v) is 13.2. The first-order valence-electron chi connectivity index (χ1n) is 7.43. The van der Waals surface area contributed by atoms with Gasteiger partial charge in [-0.2, -0.15) is 13.2 Å². The van der Waals surface area contributed by atoms with Crippen LogP contribution in [0.5, 0.6) is 0 Å². The van der Waals surface area contributed by atoms with Crippen LogP contribution in [0.4, 0.5) is 13.2 Å². The molecule has 0 atom stereocenters. The molecular weight excluding hydrogens is 313 g/mol. The van der Waals surface area contributed by atoms with Gasteiger partial charge in [0.15, 0.2) is 0 Å². The molecule has 0 radical (unpaired) electrons. The fraction of sp³-hybridized carbons (Fsp3) is 0.600. The van der Waals surface area contributed by atoms with Crippen molar-refractivity contribution in [2.75, 3.05) is 5.75 Å². The highest BCUT2D eigenvalue weighted by molar-refractivity contribution is 7.99. The molecule has 122 valence electrons. The van der Waals surface area contributed by atoms with Crippen LogP contribution in [0.1, 0.15) is 55.1 Å². The maximum Gasteiger partial charge on any atom is 0.433 e. The highest BCUT2D eigenvalue weighted by atomic mass is 32.2. The summed E-state index contributed by atoms with van der Waals surface area (Å²) in [7, 11) is 0. The third-order valence-electron chi connectivity index (χ3n) is 3.62. The lowest BCUT2D eigenvalue weighted by molar-refractivity contribution is -0.141. The summed E-state index contributed by atoms with van der Waals surface area (Å²) in [4.78, 5) is 15.9. The predicted molar refractivity (Wildman–Crippen MR) is 80.0 cm³/mol. The van der Waals surface area contributed by atoms with E-state index in [1.807, 2.05) is 6.92 Å². The molecule has 0 aliphatic heterocycles. The fourth-order valence-corrected chi connectivity index (χ4v) is 3.28. The molecule has 1 heterocycles. The van der Waals surface area contributed by atoms with Crippen LogP contribution in [0, 0.1) is 0 Å². The van der Waals surface area contributed by atoms with Crippen LogP contribution >= 0.6 is 11.8 Å². The summed E-state index contributed by atoms with van der Waals surface area (Å²) in [5.74, 6) is 0.224. The molecule has 2 rings (SSSR count). The molecule has 0 bridgehead atoms. The molecular formula is C15H19F3N2OS. The molecule has 1 aliphatic rings. The molecule has 1 fully saturated rings. The van der Waals surface area contributed by atoms with Gasteiger partial charge in [-0.15, -0.1) is 11.8 Å². The summed E-state index contributed by atoms with van der Waals surface area (Å²) in [6, 6.07) is 2.21. The number of amides is 1. The van der Waals surface area contributed by atoms with Gasteiger partial charge in [0, 0.05) is 6.04 Å². The smallest absolute Gasteiger partial charge is 0.349 e. The Morgan fingerprint density at radius 2 is 2.00 bits per heavy atom. The number of carbonyl (C=O) groups excluding carboxylic acids is 1. The number of halogens is 3. The second kappa shape index (κ2) is 7.35. The van der Waals surface area contributed by atoms with Gasteiger partial charge in [-0.3, -0.25) is 4.79 Å². The number of thioether (sulfide) groups is 1. The zero-order chi connectivity index (χ0) is 16.2. The summed E-state index contributed by atoms with van der Waals surface area (Å²) >= 11 is 1.15. The van der Waals surface area contributed by atoms with Crippen molar-refractivity contribution in [1.82, 2.24) is 10.3 Å². The van der Waals surface area contributed by atoms with Crippen molar-refractivity contribution in [3.63, 3.8) is 0 Å². The lowest BCUT2D eigenvalue weighted by Gasteiger charge is -2.23. The van der Waals surface area contributed by atoms with Gasteiger partial charge >= 0.3 is 6.18 Å². The van der Waals surface area contributed by atoms with Crippen LogP contribution in [0.25, 0.3) is 0 Å². The highest BCUT2D eigenvalue weighted by Crippen LogP contribution is 2.31. The van der Waals surface area contributed by atoms with Crippen molar-refractivity contribution >= 4 is 17.7 Å². The molecule has 0 saturated heterocycles. The van der Waals surface area contributed by atoms with Crippen molar-refractivity contribution < 1.29 is 18.0 Å². The average Bonchev–Trinajstić information content (AvgIpc) is 2.47. The largest absolute Gasteiger partial charge is 0.433 e. The molecule has 1 aliphatic carbocycles. The van der Waals surface area contributed by atoms with Gasteiger partial charge in [-0.25, -0.2) is 4.98 Å². The van der Waals surface area contributed by atoms with E-state index in [4.69, 9.17) is 0 Å². The molecule has 7 heteroatoms. The Morgan fingerprint density at radius 1 is 1.32 bits per heavy atom. The van der Waals surface area contributed by atoms with Crippen molar-refractivity contribution in [3.05, 3.63) is 23.4 Å². The predicted octanol–water partition coefficient (Wildman–Crippen LogP) is 4.27. The van der Waals surface area contributed by atoms with Crippen molar-refractivity contribution in [2.45, 2.75) is 56.3 Å². The summed E-state index contributed by atoms with van der Waals surface area (Å²) in [6.45, 7) is 1.81. The van der Waals surface area contributed by atoms with Gasteiger partial charge in [0.1, 0.15) is 10.7 Å². The molecule has 1 amide bonds. The minimum absolute atomic E-state index is 0.114. The number of alkyl halides is 3. The lowest BCUT2D eigenvalue weighted by Crippen LogP contribution is -2.36. The Labute approximate surface area is 132 Å². The van der Waals surface area contributed by atoms with E-state index in [-0.39, 0.29) is 22.5 Å². The molecule has 1 N–H and O–H groups in total. The van der Waals surface area contributed by atoms with E-state index >= 15 is 0 Å². The van der Waals surface area contributed by atoms with Gasteiger partial charge in [0.05, 0.1) is 5.56 Å². The minimum atomic E-state index is -4.50. The number of rotatable bonds is 4. The topological polar surface area (TPSA) is 42.0 Å². The van der Waals surface area contributed by atoms with Gasteiger partial charge < -0.3 is 5.32 Å². The minimum Gasteiger partial charge on any atom is -0.349 e. The molecule has 0 aromatic carbocycles. The first kappa shape index (κ1) is 17.1. The number of carbonyl (C=O) groups is 1. The molecule has 0 spiro atoms. The fourth-order valence-electron chi connectivity index (χ4n) is 2.53. The Morgan fingerprint density at radius 3 is 2.59 bits per heavy atom. The van der Waals surface area contributed by atoms with Crippen LogP contribution in [0.2, 0.25) is 0 Å². The normalized spacial score (nSPS) is 16.5. The number of hydrogen-bond acceptors (Lipinski definition) is 3. The van der Waals surface area contributed by atoms with E-state index in [9.17, 15) is 18.0 Å². The summed E-state index contributed by atoms with van der Waals surface area (Å²) in [6.07, 6.45) is 0.679. The summed E-state index contributed by atoms with van der Waals surface area (Å²) in [5, 5.41) is 3.06. The zero-order valence-electron chi connectivity index (χ0n) is 12.4. The van der Waals surface area contributed by atoms with Crippen LogP contribution in [0.3, 0.4) is 0 Å². The second-order valence-electron chi connectivity index (χ2n) is 5.29. The average molecular weight is 332 g/mol. The first-order chi connectivity index (χ1) is 10.4. The van der Waals surface area contributed by atoms with E-state index in [0.29, 0.717) is 5.75 Å². The maximum atomic E-state index is 12.7. The van der Waals surface area contributed by atoms with Gasteiger partial charge in [-0.1, -0.05) is 26.2 Å². The van der Waals surface area contributed by atoms with E-state index < -0.39 is 11.9 Å². The third kappa shape index (κ3) is 4.38. The van der Waals surface area contributed by atoms with Crippen LogP contribution < -0.4 is 5.32 Å². The molecule has 0 unspecified atom stereocenters. The van der Waals surface area contributed by atoms with E-state index in [2.05, 4.69) is 10.3 Å². The Hall–Kier alpha value is -1.24. The third-order valence-corrected chi connectivity index (χ3v) is 4.49. The lowest BCUT2D eigenvalue weighted by atomic mass is 9.95.